The van der Waals surface area contributed by atoms with Gasteiger partial charge in [-0.3, -0.25) is 4.79 Å². The minimum Gasteiger partial charge on any atom is -0.497 e. The standard InChI is InChI=1S/C22H15N3O2/c1-27-15-12-10-14(11-13-15)20-23-18-8-4-2-6-16(18)21-24-19-9-5-3-7-17(19)22(26)25(20)21/h2-13H,1H3. The molecule has 0 saturated heterocycles. The van der Waals surface area contributed by atoms with Crippen LogP contribution < -0.4 is 10.3 Å². The highest BCUT2D eigenvalue weighted by Crippen LogP contribution is 2.26. The average Bonchev–Trinajstić information content (AvgIpc) is 2.73. The van der Waals surface area contributed by atoms with E-state index >= 15 is 0 Å². The van der Waals surface area contributed by atoms with Crippen LogP contribution in [-0.4, -0.2) is 21.5 Å². The van der Waals surface area contributed by atoms with Gasteiger partial charge in [0.05, 0.1) is 23.5 Å². The first-order chi connectivity index (χ1) is 13.3. The van der Waals surface area contributed by atoms with Gasteiger partial charge < -0.3 is 4.74 Å². The predicted octanol–water partition coefficient (Wildman–Crippen LogP) is 4.07. The molecule has 3 aromatic carbocycles. The number of para-hydroxylation sites is 2. The highest BCUT2D eigenvalue weighted by molar-refractivity contribution is 5.95. The summed E-state index contributed by atoms with van der Waals surface area (Å²) in [5.74, 6) is 1.31. The van der Waals surface area contributed by atoms with E-state index in [0.29, 0.717) is 22.4 Å². The maximum Gasteiger partial charge on any atom is 0.267 e. The number of ether oxygens (including phenoxy) is 1. The first kappa shape index (κ1) is 15.5. The Hall–Kier alpha value is -3.73. The van der Waals surface area contributed by atoms with Crippen LogP contribution in [0, 0.1) is 0 Å². The molecule has 0 aliphatic carbocycles. The molecule has 0 unspecified atom stereocenters. The normalized spacial score (nSPS) is 11.3. The summed E-state index contributed by atoms with van der Waals surface area (Å²) in [4.78, 5) is 22.9. The monoisotopic (exact) mass is 353 g/mol. The lowest BCUT2D eigenvalue weighted by Crippen LogP contribution is -2.18. The Labute approximate surface area is 154 Å². The molecule has 5 heteroatoms. The molecule has 0 aliphatic rings. The van der Waals surface area contributed by atoms with Crippen LogP contribution in [0.5, 0.6) is 5.75 Å². The van der Waals surface area contributed by atoms with Crippen LogP contribution in [0.4, 0.5) is 0 Å². The molecular weight excluding hydrogens is 338 g/mol. The lowest BCUT2D eigenvalue weighted by atomic mass is 10.1. The maximum absolute atomic E-state index is 13.3. The SMILES string of the molecule is COc1ccc(-c2nc3ccccc3c3nc4ccccc4c(=O)n23)cc1. The second kappa shape index (κ2) is 5.92. The van der Waals surface area contributed by atoms with Crippen molar-refractivity contribution in [3.8, 4) is 17.1 Å². The van der Waals surface area contributed by atoms with Crippen molar-refractivity contribution in [2.24, 2.45) is 0 Å². The summed E-state index contributed by atoms with van der Waals surface area (Å²) in [6.07, 6.45) is 0. The summed E-state index contributed by atoms with van der Waals surface area (Å²) in [5.41, 5.74) is 2.78. The molecule has 5 nitrogen and oxygen atoms in total. The van der Waals surface area contributed by atoms with E-state index in [1.807, 2.05) is 66.7 Å². The van der Waals surface area contributed by atoms with E-state index in [1.54, 1.807) is 17.6 Å². The van der Waals surface area contributed by atoms with Crippen LogP contribution in [-0.2, 0) is 0 Å². The van der Waals surface area contributed by atoms with E-state index in [0.717, 1.165) is 22.2 Å². The number of rotatable bonds is 2. The topological polar surface area (TPSA) is 56.5 Å². The van der Waals surface area contributed by atoms with Crippen molar-refractivity contribution >= 4 is 27.5 Å². The van der Waals surface area contributed by atoms with E-state index in [2.05, 4.69) is 0 Å². The third-order valence-electron chi connectivity index (χ3n) is 4.71. The molecular formula is C22H15N3O2. The molecule has 0 saturated carbocycles. The van der Waals surface area contributed by atoms with Gasteiger partial charge in [-0.2, -0.15) is 0 Å². The Bertz CT molecular complexity index is 1370. The molecule has 130 valence electrons. The van der Waals surface area contributed by atoms with Gasteiger partial charge in [0.15, 0.2) is 5.65 Å². The first-order valence-corrected chi connectivity index (χ1v) is 8.61. The second-order valence-electron chi connectivity index (χ2n) is 6.27. The van der Waals surface area contributed by atoms with E-state index < -0.39 is 0 Å². The summed E-state index contributed by atoms with van der Waals surface area (Å²) >= 11 is 0. The third-order valence-corrected chi connectivity index (χ3v) is 4.71. The maximum atomic E-state index is 13.3. The lowest BCUT2D eigenvalue weighted by Gasteiger charge is -2.12. The molecule has 0 fully saturated rings. The molecule has 2 aromatic heterocycles. The fourth-order valence-corrected chi connectivity index (χ4v) is 3.37. The molecule has 0 bridgehead atoms. The van der Waals surface area contributed by atoms with Crippen LogP contribution in [0.15, 0.2) is 77.6 Å². The van der Waals surface area contributed by atoms with Gasteiger partial charge in [-0.25, -0.2) is 14.4 Å². The molecule has 0 spiro atoms. The molecule has 5 rings (SSSR count). The van der Waals surface area contributed by atoms with E-state index in [4.69, 9.17) is 14.7 Å². The minimum atomic E-state index is -0.125. The van der Waals surface area contributed by atoms with Crippen molar-refractivity contribution in [2.75, 3.05) is 7.11 Å². The number of hydrogen-bond donors (Lipinski definition) is 0. The molecule has 0 aliphatic heterocycles. The third kappa shape index (κ3) is 2.36. The van der Waals surface area contributed by atoms with Crippen LogP contribution in [0.1, 0.15) is 0 Å². The molecule has 5 aromatic rings. The first-order valence-electron chi connectivity index (χ1n) is 8.61. The Morgan fingerprint density at radius 3 is 2.11 bits per heavy atom. The fraction of sp³-hybridized carbons (Fsp3) is 0.0455. The molecule has 0 atom stereocenters. The number of hydrogen-bond acceptors (Lipinski definition) is 4. The van der Waals surface area contributed by atoms with Crippen molar-refractivity contribution < 1.29 is 4.74 Å². The Morgan fingerprint density at radius 1 is 0.778 bits per heavy atom. The van der Waals surface area contributed by atoms with Crippen LogP contribution in [0.3, 0.4) is 0 Å². The number of methoxy groups -OCH3 is 1. The van der Waals surface area contributed by atoms with Crippen molar-refractivity contribution in [3.63, 3.8) is 0 Å². The number of fused-ring (bicyclic) bond motifs is 4. The molecule has 2 heterocycles. The Morgan fingerprint density at radius 2 is 1.41 bits per heavy atom. The Kier molecular flexibility index (Phi) is 3.40. The van der Waals surface area contributed by atoms with Gasteiger partial charge in [-0.15, -0.1) is 0 Å². The van der Waals surface area contributed by atoms with Gasteiger partial charge in [0, 0.05) is 10.9 Å². The van der Waals surface area contributed by atoms with Gasteiger partial charge in [0.1, 0.15) is 11.6 Å². The van der Waals surface area contributed by atoms with Crippen LogP contribution in [0.2, 0.25) is 0 Å². The molecule has 0 radical (unpaired) electrons. The number of nitrogens with zero attached hydrogens (tertiary/aromatic N) is 3. The van der Waals surface area contributed by atoms with Crippen molar-refractivity contribution in [1.82, 2.24) is 14.4 Å². The highest BCUT2D eigenvalue weighted by atomic mass is 16.5. The van der Waals surface area contributed by atoms with Gasteiger partial charge in [0.2, 0.25) is 0 Å². The Balaban J connectivity index is 1.98. The molecule has 27 heavy (non-hydrogen) atoms. The number of aromatic nitrogens is 3. The average molecular weight is 353 g/mol. The fourth-order valence-electron chi connectivity index (χ4n) is 3.37. The summed E-state index contributed by atoms with van der Waals surface area (Å²) in [7, 11) is 1.62. The summed E-state index contributed by atoms with van der Waals surface area (Å²) < 4.78 is 6.85. The zero-order valence-corrected chi connectivity index (χ0v) is 14.6. The van der Waals surface area contributed by atoms with E-state index in [-0.39, 0.29) is 5.56 Å². The van der Waals surface area contributed by atoms with E-state index in [9.17, 15) is 4.79 Å². The van der Waals surface area contributed by atoms with Crippen molar-refractivity contribution in [2.45, 2.75) is 0 Å². The number of benzene rings is 3. The highest BCUT2D eigenvalue weighted by Gasteiger charge is 2.15. The molecule has 0 N–H and O–H groups in total. The van der Waals surface area contributed by atoms with Crippen molar-refractivity contribution in [3.05, 3.63) is 83.2 Å². The predicted molar refractivity (Wildman–Crippen MR) is 106 cm³/mol. The van der Waals surface area contributed by atoms with Gasteiger partial charge in [0.25, 0.3) is 5.56 Å². The van der Waals surface area contributed by atoms with Gasteiger partial charge in [-0.05, 0) is 48.5 Å². The summed E-state index contributed by atoms with van der Waals surface area (Å²) in [5, 5.41) is 1.42. The van der Waals surface area contributed by atoms with Crippen LogP contribution in [0.25, 0.3) is 38.8 Å². The van der Waals surface area contributed by atoms with Gasteiger partial charge in [-0.1, -0.05) is 24.3 Å². The zero-order chi connectivity index (χ0) is 18.4. The van der Waals surface area contributed by atoms with Crippen LogP contribution >= 0.6 is 0 Å². The lowest BCUT2D eigenvalue weighted by molar-refractivity contribution is 0.415. The molecule has 0 amide bonds. The summed E-state index contributed by atoms with van der Waals surface area (Å²) in [6.45, 7) is 0. The zero-order valence-electron chi connectivity index (χ0n) is 14.6. The smallest absolute Gasteiger partial charge is 0.267 e. The largest absolute Gasteiger partial charge is 0.497 e. The second-order valence-corrected chi connectivity index (χ2v) is 6.27. The van der Waals surface area contributed by atoms with Gasteiger partial charge >= 0.3 is 0 Å². The summed E-state index contributed by atoms with van der Waals surface area (Å²) in [6, 6.07) is 22.6. The quantitative estimate of drug-likeness (QED) is 0.355. The van der Waals surface area contributed by atoms with Crippen molar-refractivity contribution in [1.29, 1.82) is 0 Å². The minimum absolute atomic E-state index is 0.125. The van der Waals surface area contributed by atoms with E-state index in [1.165, 1.54) is 0 Å².